The molecule has 1 aromatic carbocycles. The van der Waals surface area contributed by atoms with E-state index in [1.54, 1.807) is 0 Å². The quantitative estimate of drug-likeness (QED) is 0.822. The van der Waals surface area contributed by atoms with Gasteiger partial charge in [0.05, 0.1) is 13.2 Å². The van der Waals surface area contributed by atoms with Crippen LogP contribution in [0.5, 0.6) is 5.75 Å². The lowest BCUT2D eigenvalue weighted by molar-refractivity contribution is 0.00404. The summed E-state index contributed by atoms with van der Waals surface area (Å²) in [5.41, 5.74) is 1.47. The van der Waals surface area contributed by atoms with Gasteiger partial charge in [-0.3, -0.25) is 4.90 Å². The van der Waals surface area contributed by atoms with Crippen LogP contribution in [0, 0.1) is 0 Å². The first-order valence-electron chi connectivity index (χ1n) is 6.59. The zero-order chi connectivity index (χ0) is 13.0. The predicted molar refractivity (Wildman–Crippen MR) is 73.0 cm³/mol. The number of nitrogens with zero attached hydrogens (tertiary/aromatic N) is 1. The van der Waals surface area contributed by atoms with Gasteiger partial charge in [-0.1, -0.05) is 32.9 Å². The molecular formula is C15H23NO2. The standard InChI is InChI=1S/C15H23NO2/c1-15(2,3)13-5-4-6-14(11-13)18-12-16-7-9-17-10-8-16/h4-6,11H,7-10,12H2,1-3H3. The fraction of sp³-hybridized carbons (Fsp3) is 0.600. The zero-order valence-corrected chi connectivity index (χ0v) is 11.6. The van der Waals surface area contributed by atoms with Crippen LogP contribution in [-0.4, -0.2) is 37.9 Å². The van der Waals surface area contributed by atoms with Crippen LogP contribution in [0.2, 0.25) is 0 Å². The molecule has 1 aliphatic rings. The van der Waals surface area contributed by atoms with Crippen molar-refractivity contribution in [2.24, 2.45) is 0 Å². The minimum Gasteiger partial charge on any atom is -0.478 e. The van der Waals surface area contributed by atoms with Crippen LogP contribution in [0.3, 0.4) is 0 Å². The molecule has 1 heterocycles. The Morgan fingerprint density at radius 2 is 1.94 bits per heavy atom. The van der Waals surface area contributed by atoms with E-state index in [-0.39, 0.29) is 5.41 Å². The second kappa shape index (κ2) is 5.72. The summed E-state index contributed by atoms with van der Waals surface area (Å²) in [4.78, 5) is 2.27. The first-order valence-corrected chi connectivity index (χ1v) is 6.59. The molecule has 0 aliphatic carbocycles. The Balaban J connectivity index is 1.92. The van der Waals surface area contributed by atoms with Crippen LogP contribution in [0.4, 0.5) is 0 Å². The smallest absolute Gasteiger partial charge is 0.142 e. The third-order valence-electron chi connectivity index (χ3n) is 3.22. The summed E-state index contributed by atoms with van der Waals surface area (Å²) in [5.74, 6) is 0.953. The molecule has 0 bridgehead atoms. The highest BCUT2D eigenvalue weighted by molar-refractivity contribution is 5.32. The van der Waals surface area contributed by atoms with Crippen LogP contribution in [0.1, 0.15) is 26.3 Å². The SMILES string of the molecule is CC(C)(C)c1cccc(OCN2CCOCC2)c1. The fourth-order valence-corrected chi connectivity index (χ4v) is 1.95. The van der Waals surface area contributed by atoms with Crippen LogP contribution in [0.25, 0.3) is 0 Å². The van der Waals surface area contributed by atoms with Crippen LogP contribution < -0.4 is 4.74 Å². The molecule has 1 fully saturated rings. The van der Waals surface area contributed by atoms with Crippen molar-refractivity contribution in [2.75, 3.05) is 33.0 Å². The lowest BCUT2D eigenvalue weighted by Crippen LogP contribution is -2.38. The van der Waals surface area contributed by atoms with Crippen molar-refractivity contribution in [3.05, 3.63) is 29.8 Å². The van der Waals surface area contributed by atoms with Crippen LogP contribution >= 0.6 is 0 Å². The third-order valence-corrected chi connectivity index (χ3v) is 3.22. The fourth-order valence-electron chi connectivity index (χ4n) is 1.95. The Labute approximate surface area is 110 Å². The van der Waals surface area contributed by atoms with Crippen molar-refractivity contribution in [3.63, 3.8) is 0 Å². The Kier molecular flexibility index (Phi) is 4.25. The molecule has 2 rings (SSSR count). The van der Waals surface area contributed by atoms with Gasteiger partial charge in [0.25, 0.3) is 0 Å². The van der Waals surface area contributed by atoms with E-state index in [0.29, 0.717) is 6.73 Å². The van der Waals surface area contributed by atoms with Gasteiger partial charge in [0, 0.05) is 13.1 Å². The van der Waals surface area contributed by atoms with Gasteiger partial charge in [-0.2, -0.15) is 0 Å². The molecule has 0 saturated carbocycles. The van der Waals surface area contributed by atoms with Crippen molar-refractivity contribution in [1.29, 1.82) is 0 Å². The molecule has 3 heteroatoms. The average molecular weight is 249 g/mol. The predicted octanol–water partition coefficient (Wildman–Crippen LogP) is 2.65. The van der Waals surface area contributed by atoms with E-state index in [9.17, 15) is 0 Å². The Hall–Kier alpha value is -1.06. The maximum Gasteiger partial charge on any atom is 0.142 e. The Morgan fingerprint density at radius 3 is 2.61 bits per heavy atom. The monoisotopic (exact) mass is 249 g/mol. The van der Waals surface area contributed by atoms with Gasteiger partial charge in [-0.25, -0.2) is 0 Å². The number of hydrogen-bond acceptors (Lipinski definition) is 3. The van der Waals surface area contributed by atoms with Crippen molar-refractivity contribution in [3.8, 4) is 5.75 Å². The van der Waals surface area contributed by atoms with Crippen molar-refractivity contribution >= 4 is 0 Å². The van der Waals surface area contributed by atoms with E-state index in [0.717, 1.165) is 32.1 Å². The van der Waals surface area contributed by atoms with E-state index in [1.807, 2.05) is 6.07 Å². The highest BCUT2D eigenvalue weighted by Gasteiger charge is 2.14. The Morgan fingerprint density at radius 1 is 1.22 bits per heavy atom. The number of rotatable bonds is 3. The maximum absolute atomic E-state index is 5.85. The second-order valence-electron chi connectivity index (χ2n) is 5.78. The molecule has 1 aromatic rings. The normalized spacial score (nSPS) is 17.7. The van der Waals surface area contributed by atoms with E-state index < -0.39 is 0 Å². The number of benzene rings is 1. The van der Waals surface area contributed by atoms with Gasteiger partial charge in [-0.15, -0.1) is 0 Å². The summed E-state index contributed by atoms with van der Waals surface area (Å²) < 4.78 is 11.2. The van der Waals surface area contributed by atoms with Crippen molar-refractivity contribution in [1.82, 2.24) is 4.90 Å². The van der Waals surface area contributed by atoms with Gasteiger partial charge in [0.15, 0.2) is 0 Å². The largest absolute Gasteiger partial charge is 0.478 e. The van der Waals surface area contributed by atoms with E-state index >= 15 is 0 Å². The van der Waals surface area contributed by atoms with E-state index in [4.69, 9.17) is 9.47 Å². The molecule has 1 saturated heterocycles. The van der Waals surface area contributed by atoms with E-state index in [1.165, 1.54) is 5.56 Å². The number of ether oxygens (including phenoxy) is 2. The van der Waals surface area contributed by atoms with Crippen molar-refractivity contribution in [2.45, 2.75) is 26.2 Å². The molecule has 18 heavy (non-hydrogen) atoms. The van der Waals surface area contributed by atoms with Gasteiger partial charge >= 0.3 is 0 Å². The van der Waals surface area contributed by atoms with Gasteiger partial charge < -0.3 is 9.47 Å². The lowest BCUT2D eigenvalue weighted by Gasteiger charge is -2.26. The summed E-state index contributed by atoms with van der Waals surface area (Å²) in [7, 11) is 0. The maximum atomic E-state index is 5.85. The molecule has 0 atom stereocenters. The zero-order valence-electron chi connectivity index (χ0n) is 11.6. The third kappa shape index (κ3) is 3.72. The van der Waals surface area contributed by atoms with E-state index in [2.05, 4.69) is 43.9 Å². The molecule has 0 aromatic heterocycles. The van der Waals surface area contributed by atoms with Gasteiger partial charge in [0.2, 0.25) is 0 Å². The molecule has 100 valence electrons. The molecule has 0 amide bonds. The first-order chi connectivity index (χ1) is 8.55. The molecule has 0 N–H and O–H groups in total. The molecular weight excluding hydrogens is 226 g/mol. The molecule has 0 radical (unpaired) electrons. The number of morpholine rings is 1. The summed E-state index contributed by atoms with van der Waals surface area (Å²) in [6.45, 7) is 10.8. The first kappa shape index (κ1) is 13.4. The molecule has 1 aliphatic heterocycles. The van der Waals surface area contributed by atoms with Crippen molar-refractivity contribution < 1.29 is 9.47 Å². The molecule has 0 spiro atoms. The minimum atomic E-state index is 0.165. The Bertz CT molecular complexity index is 378. The second-order valence-corrected chi connectivity index (χ2v) is 5.78. The topological polar surface area (TPSA) is 21.7 Å². The molecule has 0 unspecified atom stereocenters. The highest BCUT2D eigenvalue weighted by Crippen LogP contribution is 2.25. The van der Waals surface area contributed by atoms with Gasteiger partial charge in [0.1, 0.15) is 12.5 Å². The summed E-state index contributed by atoms with van der Waals surface area (Å²) in [5, 5.41) is 0. The lowest BCUT2D eigenvalue weighted by atomic mass is 9.87. The van der Waals surface area contributed by atoms with Crippen LogP contribution in [-0.2, 0) is 10.2 Å². The summed E-state index contributed by atoms with van der Waals surface area (Å²) >= 11 is 0. The number of hydrogen-bond donors (Lipinski definition) is 0. The summed E-state index contributed by atoms with van der Waals surface area (Å²) in [6, 6.07) is 8.38. The molecule has 3 nitrogen and oxygen atoms in total. The highest BCUT2D eigenvalue weighted by atomic mass is 16.5. The average Bonchev–Trinajstić information content (AvgIpc) is 2.37. The minimum absolute atomic E-state index is 0.165. The van der Waals surface area contributed by atoms with Crippen LogP contribution in [0.15, 0.2) is 24.3 Å². The summed E-state index contributed by atoms with van der Waals surface area (Å²) in [6.07, 6.45) is 0. The van der Waals surface area contributed by atoms with Gasteiger partial charge in [-0.05, 0) is 23.1 Å².